The summed E-state index contributed by atoms with van der Waals surface area (Å²) in [4.78, 5) is 12.4. The summed E-state index contributed by atoms with van der Waals surface area (Å²) in [6.45, 7) is 1.04. The van der Waals surface area contributed by atoms with Gasteiger partial charge in [-0.3, -0.25) is 0 Å². The third kappa shape index (κ3) is 3.24. The molecule has 1 aliphatic heterocycles. The monoisotopic (exact) mass is 352 g/mol. The van der Waals surface area contributed by atoms with Gasteiger partial charge in [-0.1, -0.05) is 18.9 Å². The maximum absolute atomic E-state index is 12.9. The van der Waals surface area contributed by atoms with Crippen LogP contribution in [0.15, 0.2) is 18.2 Å². The third-order valence-electron chi connectivity index (χ3n) is 5.33. The van der Waals surface area contributed by atoms with Gasteiger partial charge in [0.15, 0.2) is 11.5 Å². The van der Waals surface area contributed by atoms with Crippen LogP contribution in [0, 0.1) is 0 Å². The second kappa shape index (κ2) is 6.04. The normalized spacial score (nSPS) is 23.6. The van der Waals surface area contributed by atoms with Crippen molar-refractivity contribution in [1.82, 2.24) is 10.6 Å². The Hall–Kier alpha value is -2.05. The number of alkyl halides is 2. The van der Waals surface area contributed by atoms with Gasteiger partial charge in [0.05, 0.1) is 5.54 Å². The minimum absolute atomic E-state index is 0.280. The highest BCUT2D eigenvalue weighted by molar-refractivity contribution is 5.75. The summed E-state index contributed by atoms with van der Waals surface area (Å²) >= 11 is 0. The van der Waals surface area contributed by atoms with Gasteiger partial charge in [-0.2, -0.15) is 0 Å². The first-order valence-electron chi connectivity index (χ1n) is 8.83. The topological polar surface area (TPSA) is 59.6 Å². The molecule has 0 unspecified atom stereocenters. The van der Waals surface area contributed by atoms with Crippen molar-refractivity contribution in [2.45, 2.75) is 56.0 Å². The fourth-order valence-electron chi connectivity index (χ4n) is 4.01. The largest absolute Gasteiger partial charge is 0.486 e. The van der Waals surface area contributed by atoms with Crippen LogP contribution in [0.2, 0.25) is 0 Å². The van der Waals surface area contributed by atoms with E-state index in [-0.39, 0.29) is 18.9 Å². The Morgan fingerprint density at radius 2 is 1.76 bits per heavy atom. The van der Waals surface area contributed by atoms with E-state index in [1.54, 1.807) is 0 Å². The van der Waals surface area contributed by atoms with Crippen LogP contribution in [0.25, 0.3) is 0 Å². The van der Waals surface area contributed by atoms with Crippen LogP contribution in [-0.4, -0.2) is 31.2 Å². The summed E-state index contributed by atoms with van der Waals surface area (Å²) in [6, 6.07) is 4.93. The van der Waals surface area contributed by atoms with Crippen LogP contribution in [0.3, 0.4) is 0 Å². The lowest BCUT2D eigenvalue weighted by molar-refractivity contribution is -0.0897. The molecule has 2 saturated carbocycles. The summed E-state index contributed by atoms with van der Waals surface area (Å²) in [7, 11) is 0. The van der Waals surface area contributed by atoms with Crippen molar-refractivity contribution < 1.29 is 23.0 Å². The first kappa shape index (κ1) is 16.4. The van der Waals surface area contributed by atoms with Crippen molar-refractivity contribution in [3.05, 3.63) is 23.8 Å². The van der Waals surface area contributed by atoms with Gasteiger partial charge in [-0.05, 0) is 30.5 Å². The number of hydrogen-bond acceptors (Lipinski definition) is 3. The standard InChI is InChI=1S/C18H22F2N2O3/c19-18(20)10-13(11-18)21-16(23)22-17(5-1-2-6-17)12-3-4-14-15(9-12)25-8-7-24-14/h3-4,9,13H,1-2,5-8,10-11H2,(H2,21,22,23). The van der Waals surface area contributed by atoms with E-state index in [0.29, 0.717) is 24.7 Å². The highest BCUT2D eigenvalue weighted by atomic mass is 19.3. The lowest BCUT2D eigenvalue weighted by atomic mass is 9.87. The number of halogens is 2. The Labute approximate surface area is 145 Å². The second-order valence-electron chi connectivity index (χ2n) is 7.21. The Balaban J connectivity index is 1.49. The zero-order valence-electron chi connectivity index (χ0n) is 13.9. The average molecular weight is 352 g/mol. The molecule has 2 fully saturated rings. The first-order chi connectivity index (χ1) is 12.0. The van der Waals surface area contributed by atoms with E-state index in [1.807, 2.05) is 18.2 Å². The zero-order valence-corrected chi connectivity index (χ0v) is 13.9. The number of hydrogen-bond donors (Lipinski definition) is 2. The molecule has 1 aromatic rings. The van der Waals surface area contributed by atoms with E-state index < -0.39 is 17.5 Å². The van der Waals surface area contributed by atoms with Crippen LogP contribution in [0.5, 0.6) is 11.5 Å². The third-order valence-corrected chi connectivity index (χ3v) is 5.33. The average Bonchev–Trinajstić information content (AvgIpc) is 3.02. The molecule has 0 saturated heterocycles. The van der Waals surface area contributed by atoms with Crippen molar-refractivity contribution in [2.24, 2.45) is 0 Å². The van der Waals surface area contributed by atoms with E-state index >= 15 is 0 Å². The molecule has 2 amide bonds. The van der Waals surface area contributed by atoms with Gasteiger partial charge < -0.3 is 20.1 Å². The molecular weight excluding hydrogens is 330 g/mol. The molecular formula is C18H22F2N2O3. The van der Waals surface area contributed by atoms with Gasteiger partial charge in [0.1, 0.15) is 13.2 Å². The fraction of sp³-hybridized carbons (Fsp3) is 0.611. The summed E-state index contributed by atoms with van der Waals surface area (Å²) in [5.74, 6) is -1.24. The van der Waals surface area contributed by atoms with Gasteiger partial charge >= 0.3 is 6.03 Å². The molecule has 1 aromatic carbocycles. The summed E-state index contributed by atoms with van der Waals surface area (Å²) in [5, 5.41) is 5.72. The Morgan fingerprint density at radius 3 is 2.44 bits per heavy atom. The molecule has 2 N–H and O–H groups in total. The summed E-state index contributed by atoms with van der Waals surface area (Å²) in [6.07, 6.45) is 3.10. The highest BCUT2D eigenvalue weighted by Gasteiger charge is 2.46. The summed E-state index contributed by atoms with van der Waals surface area (Å²) < 4.78 is 37.1. The number of fused-ring (bicyclic) bond motifs is 1. The minimum atomic E-state index is -2.64. The molecule has 0 radical (unpaired) electrons. The molecule has 1 heterocycles. The van der Waals surface area contributed by atoms with Gasteiger partial charge in [-0.15, -0.1) is 0 Å². The maximum Gasteiger partial charge on any atom is 0.315 e. The van der Waals surface area contributed by atoms with E-state index in [0.717, 1.165) is 31.2 Å². The van der Waals surface area contributed by atoms with Crippen LogP contribution in [0.1, 0.15) is 44.1 Å². The Bertz CT molecular complexity index is 666. The first-order valence-corrected chi connectivity index (χ1v) is 8.83. The quantitative estimate of drug-likeness (QED) is 0.877. The number of amides is 2. The molecule has 0 spiro atoms. The molecule has 0 bridgehead atoms. The van der Waals surface area contributed by atoms with E-state index in [1.165, 1.54) is 0 Å². The zero-order chi connectivity index (χ0) is 17.5. The van der Waals surface area contributed by atoms with Gasteiger partial charge in [0, 0.05) is 18.9 Å². The van der Waals surface area contributed by atoms with Crippen molar-refractivity contribution in [3.63, 3.8) is 0 Å². The number of urea groups is 1. The van der Waals surface area contributed by atoms with Crippen LogP contribution < -0.4 is 20.1 Å². The van der Waals surface area contributed by atoms with E-state index in [2.05, 4.69) is 10.6 Å². The van der Waals surface area contributed by atoms with E-state index in [9.17, 15) is 13.6 Å². The molecule has 7 heteroatoms. The van der Waals surface area contributed by atoms with Gasteiger partial charge in [0.2, 0.25) is 0 Å². The molecule has 25 heavy (non-hydrogen) atoms. The molecule has 0 atom stereocenters. The van der Waals surface area contributed by atoms with Crippen molar-refractivity contribution in [2.75, 3.05) is 13.2 Å². The highest BCUT2D eigenvalue weighted by Crippen LogP contribution is 2.42. The number of nitrogens with one attached hydrogen (secondary N) is 2. The van der Waals surface area contributed by atoms with Crippen molar-refractivity contribution >= 4 is 6.03 Å². The number of rotatable bonds is 3. The second-order valence-corrected chi connectivity index (χ2v) is 7.21. The number of carbonyl (C=O) groups excluding carboxylic acids is 1. The SMILES string of the molecule is O=C(NC1CC(F)(F)C1)NC1(c2ccc3c(c2)OCCO3)CCCC1. The molecule has 136 valence electrons. The van der Waals surface area contributed by atoms with Crippen LogP contribution >= 0.6 is 0 Å². The minimum Gasteiger partial charge on any atom is -0.486 e. The predicted molar refractivity (Wildman–Crippen MR) is 87.2 cm³/mol. The number of benzene rings is 1. The molecule has 3 aliphatic rings. The smallest absolute Gasteiger partial charge is 0.315 e. The lowest BCUT2D eigenvalue weighted by Gasteiger charge is -2.37. The summed E-state index contributed by atoms with van der Waals surface area (Å²) in [5.41, 5.74) is 0.495. The molecule has 5 nitrogen and oxygen atoms in total. The fourth-order valence-corrected chi connectivity index (χ4v) is 4.01. The molecule has 2 aliphatic carbocycles. The van der Waals surface area contributed by atoms with Crippen molar-refractivity contribution in [1.29, 1.82) is 0 Å². The number of ether oxygens (including phenoxy) is 2. The van der Waals surface area contributed by atoms with Crippen LogP contribution in [0.4, 0.5) is 13.6 Å². The van der Waals surface area contributed by atoms with Crippen molar-refractivity contribution in [3.8, 4) is 11.5 Å². The Kier molecular flexibility index (Phi) is 3.96. The van der Waals surface area contributed by atoms with E-state index in [4.69, 9.17) is 9.47 Å². The number of carbonyl (C=O) groups is 1. The van der Waals surface area contributed by atoms with Gasteiger partial charge in [0.25, 0.3) is 5.92 Å². The lowest BCUT2D eigenvalue weighted by Crippen LogP contribution is -2.56. The molecule has 4 rings (SSSR count). The molecule has 0 aromatic heterocycles. The maximum atomic E-state index is 12.9. The van der Waals surface area contributed by atoms with Crippen LogP contribution in [-0.2, 0) is 5.54 Å². The Morgan fingerprint density at radius 1 is 1.08 bits per heavy atom. The predicted octanol–water partition coefficient (Wildman–Crippen LogP) is 3.32. The van der Waals surface area contributed by atoms with Gasteiger partial charge in [-0.25, -0.2) is 13.6 Å².